The summed E-state index contributed by atoms with van der Waals surface area (Å²) < 4.78 is 6.13. The van der Waals surface area contributed by atoms with Crippen LogP contribution in [0.2, 0.25) is 0 Å². The van der Waals surface area contributed by atoms with E-state index in [0.29, 0.717) is 6.10 Å². The largest absolute Gasteiger partial charge is 0.481 e. The molecule has 0 aliphatic heterocycles. The first kappa shape index (κ1) is 26.9. The lowest BCUT2D eigenvalue weighted by Crippen LogP contribution is -2.31. The quantitative estimate of drug-likeness (QED) is 0.262. The number of nitrogens with zero attached hydrogens (tertiary/aromatic N) is 1. The van der Waals surface area contributed by atoms with Gasteiger partial charge in [-0.15, -0.1) is 0 Å². The second-order valence-corrected chi connectivity index (χ2v) is 7.90. The van der Waals surface area contributed by atoms with Gasteiger partial charge < -0.3 is 14.7 Å². The Bertz CT molecular complexity index is 387. The van der Waals surface area contributed by atoms with Crippen LogP contribution in [0.1, 0.15) is 111 Å². The highest BCUT2D eigenvalue weighted by Crippen LogP contribution is 2.14. The summed E-state index contributed by atoms with van der Waals surface area (Å²) in [5.74, 6) is -0.590. The molecule has 0 saturated carbocycles. The summed E-state index contributed by atoms with van der Waals surface area (Å²) in [6.07, 6.45) is 14.6. The molecular formula is C23H45NO4. The lowest BCUT2D eigenvalue weighted by Gasteiger charge is -2.23. The van der Waals surface area contributed by atoms with E-state index >= 15 is 0 Å². The standard InChI is InChI=1S/C23H45NO4/c1-4-6-10-15-22(28-20-13-7-5-2)16-14-19-24(21(3)25)18-12-9-8-11-17-23(26)27/h22H,4-20H2,1-3H3,(H,26,27). The van der Waals surface area contributed by atoms with Crippen LogP contribution < -0.4 is 0 Å². The number of unbranched alkanes of at least 4 members (excludes halogenated alkanes) is 7. The zero-order valence-corrected chi connectivity index (χ0v) is 18.7. The minimum absolute atomic E-state index is 0.136. The molecule has 1 amide bonds. The highest BCUT2D eigenvalue weighted by atomic mass is 16.5. The first-order chi connectivity index (χ1) is 13.5. The number of rotatable bonds is 20. The minimum Gasteiger partial charge on any atom is -0.481 e. The van der Waals surface area contributed by atoms with Gasteiger partial charge in [-0.1, -0.05) is 58.8 Å². The average molecular weight is 400 g/mol. The van der Waals surface area contributed by atoms with E-state index in [0.717, 1.165) is 71.1 Å². The molecule has 0 fully saturated rings. The molecular weight excluding hydrogens is 354 g/mol. The van der Waals surface area contributed by atoms with Gasteiger partial charge in [-0.2, -0.15) is 0 Å². The van der Waals surface area contributed by atoms with E-state index in [4.69, 9.17) is 9.84 Å². The van der Waals surface area contributed by atoms with Crippen molar-refractivity contribution >= 4 is 11.9 Å². The number of amides is 1. The van der Waals surface area contributed by atoms with Crippen molar-refractivity contribution < 1.29 is 19.4 Å². The number of carbonyl (C=O) groups is 2. The molecule has 0 aromatic carbocycles. The van der Waals surface area contributed by atoms with E-state index in [9.17, 15) is 9.59 Å². The Balaban J connectivity index is 4.10. The number of hydrogen-bond donors (Lipinski definition) is 1. The van der Waals surface area contributed by atoms with Crippen molar-refractivity contribution in [3.63, 3.8) is 0 Å². The van der Waals surface area contributed by atoms with Crippen LogP contribution in [0.15, 0.2) is 0 Å². The number of carboxylic acids is 1. The van der Waals surface area contributed by atoms with Gasteiger partial charge in [-0.3, -0.25) is 9.59 Å². The van der Waals surface area contributed by atoms with Gasteiger partial charge in [-0.05, 0) is 38.5 Å². The van der Waals surface area contributed by atoms with Gasteiger partial charge in [0.25, 0.3) is 0 Å². The van der Waals surface area contributed by atoms with Gasteiger partial charge in [0.15, 0.2) is 0 Å². The van der Waals surface area contributed by atoms with Crippen molar-refractivity contribution in [2.45, 2.75) is 117 Å². The van der Waals surface area contributed by atoms with Gasteiger partial charge in [0.05, 0.1) is 6.10 Å². The van der Waals surface area contributed by atoms with Crippen molar-refractivity contribution in [1.82, 2.24) is 4.90 Å². The predicted molar refractivity (Wildman–Crippen MR) is 116 cm³/mol. The maximum Gasteiger partial charge on any atom is 0.303 e. The summed E-state index contributed by atoms with van der Waals surface area (Å²) in [7, 11) is 0. The van der Waals surface area contributed by atoms with Crippen LogP contribution in [0, 0.1) is 0 Å². The molecule has 0 aromatic heterocycles. The molecule has 1 N–H and O–H groups in total. The summed E-state index contributed by atoms with van der Waals surface area (Å²) in [5, 5.41) is 8.66. The summed E-state index contributed by atoms with van der Waals surface area (Å²) in [5.41, 5.74) is 0. The maximum atomic E-state index is 11.9. The van der Waals surface area contributed by atoms with Crippen LogP contribution in [0.5, 0.6) is 0 Å². The number of ether oxygens (including phenoxy) is 1. The average Bonchev–Trinajstić information content (AvgIpc) is 2.65. The Kier molecular flexibility index (Phi) is 18.5. The summed E-state index contributed by atoms with van der Waals surface area (Å²) in [6, 6.07) is 0. The molecule has 0 aromatic rings. The molecule has 166 valence electrons. The Hall–Kier alpha value is -1.10. The minimum atomic E-state index is -0.726. The van der Waals surface area contributed by atoms with Crippen LogP contribution >= 0.6 is 0 Å². The zero-order valence-electron chi connectivity index (χ0n) is 18.7. The maximum absolute atomic E-state index is 11.9. The van der Waals surface area contributed by atoms with E-state index < -0.39 is 5.97 Å². The Morgan fingerprint density at radius 3 is 2.07 bits per heavy atom. The third-order valence-corrected chi connectivity index (χ3v) is 5.20. The summed E-state index contributed by atoms with van der Waals surface area (Å²) in [4.78, 5) is 24.4. The number of carboxylic acid groups (broad SMARTS) is 1. The number of carbonyl (C=O) groups excluding carboxylic acids is 1. The van der Waals surface area contributed by atoms with Gasteiger partial charge in [0.1, 0.15) is 0 Å². The molecule has 5 nitrogen and oxygen atoms in total. The van der Waals surface area contributed by atoms with Crippen LogP contribution in [-0.4, -0.2) is 47.7 Å². The molecule has 5 heteroatoms. The molecule has 0 saturated heterocycles. The van der Waals surface area contributed by atoms with E-state index in [-0.39, 0.29) is 12.3 Å². The number of aliphatic carboxylic acids is 1. The molecule has 0 heterocycles. The Morgan fingerprint density at radius 1 is 0.821 bits per heavy atom. The lowest BCUT2D eigenvalue weighted by atomic mass is 10.1. The van der Waals surface area contributed by atoms with E-state index in [1.165, 1.54) is 32.1 Å². The highest BCUT2D eigenvalue weighted by molar-refractivity contribution is 5.73. The number of hydrogen-bond acceptors (Lipinski definition) is 3. The van der Waals surface area contributed by atoms with Crippen LogP contribution in [0.25, 0.3) is 0 Å². The van der Waals surface area contributed by atoms with Crippen LogP contribution in [-0.2, 0) is 14.3 Å². The third kappa shape index (κ3) is 17.0. The lowest BCUT2D eigenvalue weighted by molar-refractivity contribution is -0.137. The van der Waals surface area contributed by atoms with Crippen molar-refractivity contribution in [2.24, 2.45) is 0 Å². The Labute approximate surface area is 173 Å². The molecule has 1 atom stereocenters. The molecule has 0 spiro atoms. The van der Waals surface area contributed by atoms with Gasteiger partial charge >= 0.3 is 5.97 Å². The molecule has 28 heavy (non-hydrogen) atoms. The van der Waals surface area contributed by atoms with Crippen LogP contribution in [0.4, 0.5) is 0 Å². The van der Waals surface area contributed by atoms with E-state index in [1.54, 1.807) is 6.92 Å². The summed E-state index contributed by atoms with van der Waals surface area (Å²) in [6.45, 7) is 8.51. The SMILES string of the molecule is CCCCCOC(CCCCC)CCCN(CCCCCCC(=O)O)C(C)=O. The summed E-state index contributed by atoms with van der Waals surface area (Å²) >= 11 is 0. The molecule has 0 radical (unpaired) electrons. The molecule has 1 unspecified atom stereocenters. The van der Waals surface area contributed by atoms with Crippen molar-refractivity contribution in [1.29, 1.82) is 0 Å². The van der Waals surface area contributed by atoms with Crippen LogP contribution in [0.3, 0.4) is 0 Å². The monoisotopic (exact) mass is 399 g/mol. The van der Waals surface area contributed by atoms with Crippen molar-refractivity contribution in [2.75, 3.05) is 19.7 Å². The van der Waals surface area contributed by atoms with Gasteiger partial charge in [0, 0.05) is 33.0 Å². The molecule has 0 bridgehead atoms. The predicted octanol–water partition coefficient (Wildman–Crippen LogP) is 5.81. The van der Waals surface area contributed by atoms with Gasteiger partial charge in [0.2, 0.25) is 5.91 Å². The normalized spacial score (nSPS) is 12.1. The molecule has 0 aliphatic rings. The second-order valence-electron chi connectivity index (χ2n) is 7.90. The topological polar surface area (TPSA) is 66.8 Å². The molecule has 0 aliphatic carbocycles. The smallest absolute Gasteiger partial charge is 0.303 e. The molecule has 0 rings (SSSR count). The van der Waals surface area contributed by atoms with Gasteiger partial charge in [-0.25, -0.2) is 0 Å². The fourth-order valence-corrected chi connectivity index (χ4v) is 3.40. The van der Waals surface area contributed by atoms with Crippen molar-refractivity contribution in [3.05, 3.63) is 0 Å². The first-order valence-corrected chi connectivity index (χ1v) is 11.6. The van der Waals surface area contributed by atoms with Crippen molar-refractivity contribution in [3.8, 4) is 0 Å². The van der Waals surface area contributed by atoms with E-state index in [2.05, 4.69) is 13.8 Å². The zero-order chi connectivity index (χ0) is 21.0. The second kappa shape index (κ2) is 19.2. The first-order valence-electron chi connectivity index (χ1n) is 11.6. The Morgan fingerprint density at radius 2 is 1.43 bits per heavy atom. The fraction of sp³-hybridized carbons (Fsp3) is 0.913. The van der Waals surface area contributed by atoms with E-state index in [1.807, 2.05) is 4.90 Å². The highest BCUT2D eigenvalue weighted by Gasteiger charge is 2.12. The third-order valence-electron chi connectivity index (χ3n) is 5.20. The fourth-order valence-electron chi connectivity index (χ4n) is 3.40.